The van der Waals surface area contributed by atoms with Gasteiger partial charge in [-0.15, -0.1) is 0 Å². The Morgan fingerprint density at radius 2 is 2.06 bits per heavy atom. The van der Waals surface area contributed by atoms with Crippen LogP contribution in [0.25, 0.3) is 0 Å². The molecule has 0 atom stereocenters. The largest absolute Gasteiger partial charge is 0.478 e. The minimum Gasteiger partial charge on any atom is -0.478 e. The van der Waals surface area contributed by atoms with Crippen molar-refractivity contribution >= 4 is 34.9 Å². The number of amides is 1. The molecule has 0 aromatic heterocycles. The second-order valence-electron chi connectivity index (χ2n) is 3.78. The molecule has 1 aliphatic rings. The SMILES string of the molecule is O=C1CC(=O)N(c2c(Cl)cc(F)cc2C(=O)O)C1. The van der Waals surface area contributed by atoms with Crippen LogP contribution in [0.4, 0.5) is 10.1 Å². The van der Waals surface area contributed by atoms with Gasteiger partial charge in [0.05, 0.1) is 29.2 Å². The molecule has 1 aromatic carbocycles. The summed E-state index contributed by atoms with van der Waals surface area (Å²) in [5, 5.41) is 8.77. The van der Waals surface area contributed by atoms with Gasteiger partial charge in [-0.05, 0) is 12.1 Å². The van der Waals surface area contributed by atoms with E-state index in [-0.39, 0.29) is 29.5 Å². The van der Waals surface area contributed by atoms with Gasteiger partial charge in [0.2, 0.25) is 5.91 Å². The lowest BCUT2D eigenvalue weighted by molar-refractivity contribution is -0.121. The van der Waals surface area contributed by atoms with Crippen LogP contribution in [0.15, 0.2) is 12.1 Å². The van der Waals surface area contributed by atoms with Gasteiger partial charge < -0.3 is 10.0 Å². The number of Topliss-reactive ketones (excluding diaryl/α,β-unsaturated/α-hetero) is 1. The normalized spacial score (nSPS) is 15.3. The molecule has 94 valence electrons. The van der Waals surface area contributed by atoms with Gasteiger partial charge in [0, 0.05) is 0 Å². The summed E-state index contributed by atoms with van der Waals surface area (Å²) in [6, 6.07) is 1.67. The molecular formula is C11H7ClFNO4. The molecule has 1 aromatic rings. The van der Waals surface area contributed by atoms with Crippen LogP contribution in [0.2, 0.25) is 5.02 Å². The predicted molar refractivity (Wildman–Crippen MR) is 60.3 cm³/mol. The highest BCUT2D eigenvalue weighted by Crippen LogP contribution is 2.33. The zero-order valence-corrected chi connectivity index (χ0v) is 9.70. The van der Waals surface area contributed by atoms with Gasteiger partial charge in [-0.25, -0.2) is 9.18 Å². The number of carbonyl (C=O) groups is 3. The first-order valence-corrected chi connectivity index (χ1v) is 5.32. The van der Waals surface area contributed by atoms with Gasteiger partial charge in [-0.2, -0.15) is 0 Å². The van der Waals surface area contributed by atoms with Gasteiger partial charge in [-0.3, -0.25) is 9.59 Å². The number of anilines is 1. The van der Waals surface area contributed by atoms with Crippen molar-refractivity contribution in [3.63, 3.8) is 0 Å². The summed E-state index contributed by atoms with van der Waals surface area (Å²) >= 11 is 5.76. The van der Waals surface area contributed by atoms with E-state index >= 15 is 0 Å². The van der Waals surface area contributed by atoms with Crippen molar-refractivity contribution in [2.45, 2.75) is 6.42 Å². The van der Waals surface area contributed by atoms with Gasteiger partial charge in [0.15, 0.2) is 5.78 Å². The maximum absolute atomic E-state index is 13.1. The quantitative estimate of drug-likeness (QED) is 0.827. The molecule has 18 heavy (non-hydrogen) atoms. The molecule has 0 unspecified atom stereocenters. The van der Waals surface area contributed by atoms with E-state index in [4.69, 9.17) is 16.7 Å². The van der Waals surface area contributed by atoms with E-state index in [0.29, 0.717) is 0 Å². The number of carboxylic acids is 1. The lowest BCUT2D eigenvalue weighted by atomic mass is 10.1. The zero-order chi connectivity index (χ0) is 13.4. The number of benzene rings is 1. The molecular weight excluding hydrogens is 265 g/mol. The van der Waals surface area contributed by atoms with E-state index in [2.05, 4.69) is 0 Å². The van der Waals surface area contributed by atoms with Gasteiger partial charge in [0.25, 0.3) is 0 Å². The second-order valence-corrected chi connectivity index (χ2v) is 4.19. The van der Waals surface area contributed by atoms with E-state index in [1.54, 1.807) is 0 Å². The number of carbonyl (C=O) groups excluding carboxylic acids is 2. The van der Waals surface area contributed by atoms with Crippen LogP contribution >= 0.6 is 11.6 Å². The first-order chi connectivity index (χ1) is 8.40. The smallest absolute Gasteiger partial charge is 0.337 e. The molecule has 0 bridgehead atoms. The highest BCUT2D eigenvalue weighted by atomic mass is 35.5. The molecule has 1 aliphatic heterocycles. The van der Waals surface area contributed by atoms with Crippen LogP contribution < -0.4 is 4.90 Å². The number of hydrogen-bond donors (Lipinski definition) is 1. The number of aromatic carboxylic acids is 1. The topological polar surface area (TPSA) is 74.7 Å². The fraction of sp³-hybridized carbons (Fsp3) is 0.182. The molecule has 0 aliphatic carbocycles. The Labute approximate surface area is 106 Å². The van der Waals surface area contributed by atoms with Crippen LogP contribution in [0, 0.1) is 5.82 Å². The molecule has 1 amide bonds. The molecule has 1 saturated heterocycles. The first kappa shape index (κ1) is 12.5. The summed E-state index contributed by atoms with van der Waals surface area (Å²) in [4.78, 5) is 34.7. The van der Waals surface area contributed by atoms with Crippen LogP contribution in [0.3, 0.4) is 0 Å². The minimum atomic E-state index is -1.42. The van der Waals surface area contributed by atoms with Gasteiger partial charge in [0.1, 0.15) is 5.82 Å². The Balaban J connectivity index is 2.59. The Morgan fingerprint density at radius 3 is 2.56 bits per heavy atom. The van der Waals surface area contributed by atoms with Crippen molar-refractivity contribution in [3.05, 3.63) is 28.5 Å². The van der Waals surface area contributed by atoms with Gasteiger partial charge >= 0.3 is 5.97 Å². The van der Waals surface area contributed by atoms with Crippen LogP contribution in [-0.2, 0) is 9.59 Å². The van der Waals surface area contributed by atoms with Crippen LogP contribution in [0.1, 0.15) is 16.8 Å². The lowest BCUT2D eigenvalue weighted by Gasteiger charge is -2.18. The third-order valence-electron chi connectivity index (χ3n) is 2.51. The maximum atomic E-state index is 13.1. The third-order valence-corrected chi connectivity index (χ3v) is 2.80. The molecule has 0 radical (unpaired) electrons. The summed E-state index contributed by atoms with van der Waals surface area (Å²) in [6.07, 6.45) is -0.299. The van der Waals surface area contributed by atoms with E-state index in [1.807, 2.05) is 0 Å². The van der Waals surface area contributed by atoms with Gasteiger partial charge in [-0.1, -0.05) is 11.6 Å². The minimum absolute atomic E-state index is 0.138. The standard InChI is InChI=1S/C11H7ClFNO4/c12-8-2-5(13)1-7(11(17)18)10(8)14-4-6(15)3-9(14)16/h1-2H,3-4H2,(H,17,18). The Kier molecular flexibility index (Phi) is 3.04. The predicted octanol–water partition coefficient (Wildman–Crippen LogP) is 1.48. The number of carboxylic acid groups (broad SMARTS) is 1. The summed E-state index contributed by atoms with van der Waals surface area (Å²) in [5.74, 6) is -3.12. The van der Waals surface area contributed by atoms with Crippen LogP contribution in [0.5, 0.6) is 0 Å². The monoisotopic (exact) mass is 271 g/mol. The lowest BCUT2D eigenvalue weighted by Crippen LogP contribution is -2.27. The fourth-order valence-electron chi connectivity index (χ4n) is 1.79. The van der Waals surface area contributed by atoms with E-state index in [1.165, 1.54) is 0 Å². The summed E-state index contributed by atoms with van der Waals surface area (Å²) in [7, 11) is 0. The maximum Gasteiger partial charge on any atom is 0.337 e. The number of ketones is 1. The molecule has 7 heteroatoms. The van der Waals surface area contributed by atoms with Crippen molar-refractivity contribution in [1.82, 2.24) is 0 Å². The number of hydrogen-bond acceptors (Lipinski definition) is 3. The molecule has 1 N–H and O–H groups in total. The Bertz CT molecular complexity index is 572. The molecule has 1 fully saturated rings. The first-order valence-electron chi connectivity index (χ1n) is 4.94. The van der Waals surface area contributed by atoms with Crippen molar-refractivity contribution in [3.8, 4) is 0 Å². The van der Waals surface area contributed by atoms with Crippen LogP contribution in [-0.4, -0.2) is 29.3 Å². The average molecular weight is 272 g/mol. The summed E-state index contributed by atoms with van der Waals surface area (Å²) in [5.41, 5.74) is -0.579. The zero-order valence-electron chi connectivity index (χ0n) is 8.94. The average Bonchev–Trinajstić information content (AvgIpc) is 2.56. The molecule has 0 saturated carbocycles. The van der Waals surface area contributed by atoms with Crippen molar-refractivity contribution in [1.29, 1.82) is 0 Å². The van der Waals surface area contributed by atoms with E-state index < -0.39 is 23.3 Å². The Morgan fingerprint density at radius 1 is 1.39 bits per heavy atom. The van der Waals surface area contributed by atoms with Crippen molar-refractivity contribution in [2.75, 3.05) is 11.4 Å². The highest BCUT2D eigenvalue weighted by molar-refractivity contribution is 6.35. The Hall–Kier alpha value is -1.95. The fourth-order valence-corrected chi connectivity index (χ4v) is 2.10. The number of nitrogens with zero attached hydrogens (tertiary/aromatic N) is 1. The third kappa shape index (κ3) is 2.06. The summed E-state index contributed by atoms with van der Waals surface area (Å²) in [6.45, 7) is -0.246. The number of rotatable bonds is 2. The molecule has 2 rings (SSSR count). The highest BCUT2D eigenvalue weighted by Gasteiger charge is 2.33. The van der Waals surface area contributed by atoms with E-state index in [9.17, 15) is 18.8 Å². The number of halogens is 2. The summed E-state index contributed by atoms with van der Waals surface area (Å²) < 4.78 is 13.1. The second kappa shape index (κ2) is 4.38. The van der Waals surface area contributed by atoms with Crippen molar-refractivity contribution < 1.29 is 23.9 Å². The molecule has 0 spiro atoms. The van der Waals surface area contributed by atoms with E-state index in [0.717, 1.165) is 17.0 Å². The van der Waals surface area contributed by atoms with Crippen molar-refractivity contribution in [2.24, 2.45) is 0 Å². The molecule has 5 nitrogen and oxygen atoms in total. The molecule has 1 heterocycles.